The van der Waals surface area contributed by atoms with Crippen LogP contribution in [0.25, 0.3) is 5.69 Å². The van der Waals surface area contributed by atoms with Crippen LogP contribution in [0, 0.1) is 0 Å². The number of aromatic nitrogens is 4. The van der Waals surface area contributed by atoms with Gasteiger partial charge in [-0.15, -0.1) is 0 Å². The lowest BCUT2D eigenvalue weighted by molar-refractivity contribution is -0.295. The molecule has 3 rings (SSSR count). The van der Waals surface area contributed by atoms with E-state index >= 15 is 0 Å². The number of tetrazole rings is 1. The zero-order valence-electron chi connectivity index (χ0n) is 18.3. The SMILES string of the molecule is CC(C)(C)OC(=O)CC1CC(CS(=O)(=O)c2nnnn2-c2ccccc2)OC(C)(C)O1. The van der Waals surface area contributed by atoms with Crippen LogP contribution in [0.2, 0.25) is 0 Å². The Kier molecular flexibility index (Phi) is 6.49. The van der Waals surface area contributed by atoms with Crippen LogP contribution in [0.5, 0.6) is 0 Å². The summed E-state index contributed by atoms with van der Waals surface area (Å²) in [6.45, 7) is 8.72. The monoisotopic (exact) mass is 452 g/mol. The average molecular weight is 453 g/mol. The molecule has 1 aromatic carbocycles. The second-order valence-corrected chi connectivity index (χ2v) is 10.8. The smallest absolute Gasteiger partial charge is 0.308 e. The standard InChI is InChI=1S/C20H28N4O6S/c1-19(2,3)30-17(25)12-15-11-16(29-20(4,5)28-15)13-31(26,27)18-21-22-23-24(18)14-9-7-6-8-10-14/h6-10,15-16H,11-13H2,1-5H3. The Morgan fingerprint density at radius 1 is 1.19 bits per heavy atom. The number of carbonyl (C=O) groups excluding carboxylic acids is 1. The highest BCUT2D eigenvalue weighted by molar-refractivity contribution is 7.91. The molecule has 1 aromatic heterocycles. The zero-order chi connectivity index (χ0) is 22.9. The first kappa shape index (κ1) is 23.3. The number of nitrogens with zero attached hydrogens (tertiary/aromatic N) is 4. The minimum absolute atomic E-state index is 0.00234. The van der Waals surface area contributed by atoms with E-state index in [2.05, 4.69) is 15.5 Å². The van der Waals surface area contributed by atoms with Crippen LogP contribution < -0.4 is 0 Å². The van der Waals surface area contributed by atoms with Gasteiger partial charge >= 0.3 is 5.97 Å². The van der Waals surface area contributed by atoms with E-state index in [-0.39, 0.29) is 23.8 Å². The van der Waals surface area contributed by atoms with Crippen molar-refractivity contribution in [2.45, 2.75) is 76.2 Å². The van der Waals surface area contributed by atoms with Gasteiger partial charge in [-0.25, -0.2) is 8.42 Å². The summed E-state index contributed by atoms with van der Waals surface area (Å²) in [7, 11) is -3.90. The number of esters is 1. The van der Waals surface area contributed by atoms with E-state index in [4.69, 9.17) is 14.2 Å². The minimum Gasteiger partial charge on any atom is -0.460 e. The number of carbonyl (C=O) groups is 1. The molecular weight excluding hydrogens is 424 g/mol. The second kappa shape index (κ2) is 8.64. The summed E-state index contributed by atoms with van der Waals surface area (Å²) in [5, 5.41) is 10.8. The van der Waals surface area contributed by atoms with E-state index < -0.39 is 39.4 Å². The number of para-hydroxylation sites is 1. The molecule has 0 amide bonds. The fraction of sp³-hybridized carbons (Fsp3) is 0.600. The van der Waals surface area contributed by atoms with Gasteiger partial charge in [0.25, 0.3) is 5.16 Å². The largest absolute Gasteiger partial charge is 0.460 e. The van der Waals surface area contributed by atoms with Gasteiger partial charge in [-0.3, -0.25) is 4.79 Å². The van der Waals surface area contributed by atoms with E-state index in [0.717, 1.165) is 0 Å². The molecule has 2 aromatic rings. The van der Waals surface area contributed by atoms with E-state index in [1.165, 1.54) is 4.68 Å². The number of benzene rings is 1. The quantitative estimate of drug-likeness (QED) is 0.606. The van der Waals surface area contributed by atoms with Gasteiger partial charge < -0.3 is 14.2 Å². The molecule has 10 nitrogen and oxygen atoms in total. The van der Waals surface area contributed by atoms with Crippen molar-refractivity contribution in [2.75, 3.05) is 5.75 Å². The third-order valence-corrected chi connectivity index (χ3v) is 5.99. The maximum Gasteiger partial charge on any atom is 0.308 e. The summed E-state index contributed by atoms with van der Waals surface area (Å²) in [5.74, 6) is -1.82. The predicted octanol–water partition coefficient (Wildman–Crippen LogP) is 2.08. The molecule has 0 radical (unpaired) electrons. The minimum atomic E-state index is -3.90. The molecule has 1 aliphatic heterocycles. The van der Waals surface area contributed by atoms with E-state index in [1.807, 2.05) is 6.07 Å². The van der Waals surface area contributed by atoms with Crippen molar-refractivity contribution in [1.29, 1.82) is 0 Å². The first-order valence-electron chi connectivity index (χ1n) is 9.99. The van der Waals surface area contributed by atoms with Gasteiger partial charge in [0.05, 0.1) is 30.1 Å². The zero-order valence-corrected chi connectivity index (χ0v) is 19.1. The lowest BCUT2D eigenvalue weighted by Gasteiger charge is -2.40. The van der Waals surface area contributed by atoms with Crippen molar-refractivity contribution < 1.29 is 27.4 Å². The van der Waals surface area contributed by atoms with Crippen molar-refractivity contribution in [2.24, 2.45) is 0 Å². The molecule has 2 atom stereocenters. The van der Waals surface area contributed by atoms with Crippen LogP contribution in [0.1, 0.15) is 47.5 Å². The number of hydrogen-bond acceptors (Lipinski definition) is 9. The molecule has 1 fully saturated rings. The van der Waals surface area contributed by atoms with Gasteiger partial charge in [-0.05, 0) is 57.2 Å². The van der Waals surface area contributed by atoms with Crippen molar-refractivity contribution >= 4 is 15.8 Å². The second-order valence-electron chi connectivity index (χ2n) is 8.90. The third kappa shape index (κ3) is 6.31. The maximum atomic E-state index is 13.1. The molecule has 0 bridgehead atoms. The molecule has 31 heavy (non-hydrogen) atoms. The summed E-state index contributed by atoms with van der Waals surface area (Å²) in [4.78, 5) is 12.2. The fourth-order valence-corrected chi connectivity index (χ4v) is 4.85. The Morgan fingerprint density at radius 2 is 1.84 bits per heavy atom. The van der Waals surface area contributed by atoms with Crippen LogP contribution >= 0.6 is 0 Å². The van der Waals surface area contributed by atoms with Gasteiger partial charge in [0, 0.05) is 6.42 Å². The Balaban J connectivity index is 1.75. The molecule has 0 spiro atoms. The van der Waals surface area contributed by atoms with Crippen LogP contribution in [-0.2, 0) is 28.8 Å². The number of hydrogen-bond donors (Lipinski definition) is 0. The molecule has 1 saturated heterocycles. The van der Waals surface area contributed by atoms with Crippen LogP contribution in [0.15, 0.2) is 35.5 Å². The highest BCUT2D eigenvalue weighted by Crippen LogP contribution is 2.30. The predicted molar refractivity (Wildman–Crippen MR) is 110 cm³/mol. The summed E-state index contributed by atoms with van der Waals surface area (Å²) in [6.07, 6.45) is -1.03. The normalized spacial score (nSPS) is 21.6. The van der Waals surface area contributed by atoms with Gasteiger partial charge in [0.2, 0.25) is 9.84 Å². The average Bonchev–Trinajstić information content (AvgIpc) is 3.09. The van der Waals surface area contributed by atoms with Gasteiger partial charge in [0.1, 0.15) is 5.60 Å². The van der Waals surface area contributed by atoms with Crippen LogP contribution in [0.4, 0.5) is 0 Å². The number of ether oxygens (including phenoxy) is 3. The lowest BCUT2D eigenvalue weighted by atomic mass is 10.1. The molecule has 2 heterocycles. The Bertz CT molecular complexity index is 1010. The van der Waals surface area contributed by atoms with E-state index in [0.29, 0.717) is 5.69 Å². The van der Waals surface area contributed by atoms with Crippen molar-refractivity contribution in [1.82, 2.24) is 20.2 Å². The Morgan fingerprint density at radius 3 is 2.48 bits per heavy atom. The van der Waals surface area contributed by atoms with E-state index in [1.54, 1.807) is 58.9 Å². The Hall–Kier alpha value is -2.37. The number of sulfone groups is 1. The van der Waals surface area contributed by atoms with Gasteiger partial charge in [-0.2, -0.15) is 4.68 Å². The highest BCUT2D eigenvalue weighted by atomic mass is 32.2. The van der Waals surface area contributed by atoms with Crippen LogP contribution in [-0.4, -0.2) is 63.9 Å². The van der Waals surface area contributed by atoms with Crippen molar-refractivity contribution in [3.63, 3.8) is 0 Å². The molecular formula is C20H28N4O6S. The third-order valence-electron chi connectivity index (χ3n) is 4.37. The summed E-state index contributed by atoms with van der Waals surface area (Å²) >= 11 is 0. The molecule has 170 valence electrons. The number of rotatable bonds is 6. The summed E-state index contributed by atoms with van der Waals surface area (Å²) in [5.41, 5.74) is -0.0863. The lowest BCUT2D eigenvalue weighted by Crippen LogP contribution is -2.47. The van der Waals surface area contributed by atoms with Gasteiger partial charge in [-0.1, -0.05) is 23.3 Å². The highest BCUT2D eigenvalue weighted by Gasteiger charge is 2.40. The topological polar surface area (TPSA) is 123 Å². The molecule has 2 unspecified atom stereocenters. The van der Waals surface area contributed by atoms with Crippen molar-refractivity contribution in [3.05, 3.63) is 30.3 Å². The molecule has 11 heteroatoms. The summed E-state index contributed by atoms with van der Waals surface area (Å²) < 4.78 is 44.4. The molecule has 0 aliphatic carbocycles. The fourth-order valence-electron chi connectivity index (χ4n) is 3.44. The molecule has 1 aliphatic rings. The first-order valence-corrected chi connectivity index (χ1v) is 11.6. The molecule has 0 saturated carbocycles. The van der Waals surface area contributed by atoms with E-state index in [9.17, 15) is 13.2 Å². The Labute approximate surface area is 181 Å². The van der Waals surface area contributed by atoms with Crippen molar-refractivity contribution in [3.8, 4) is 5.69 Å². The maximum absolute atomic E-state index is 13.1. The summed E-state index contributed by atoms with van der Waals surface area (Å²) in [6, 6.07) is 8.75. The first-order chi connectivity index (χ1) is 14.3. The van der Waals surface area contributed by atoms with Gasteiger partial charge in [0.15, 0.2) is 5.79 Å². The molecule has 0 N–H and O–H groups in total. The van der Waals surface area contributed by atoms with Crippen LogP contribution in [0.3, 0.4) is 0 Å².